The second-order valence-corrected chi connectivity index (χ2v) is 10.4. The molecular formula is C31H64O2. The van der Waals surface area contributed by atoms with Crippen LogP contribution >= 0.6 is 0 Å². The third-order valence-electron chi connectivity index (χ3n) is 6.90. The molecule has 0 radical (unpaired) electrons. The van der Waals surface area contributed by atoms with Gasteiger partial charge in [-0.3, -0.25) is 0 Å². The molecule has 0 aromatic heterocycles. The Morgan fingerprint density at radius 1 is 0.333 bits per heavy atom. The summed E-state index contributed by atoms with van der Waals surface area (Å²) in [6.07, 6.45) is 33.8. The first-order valence-electron chi connectivity index (χ1n) is 15.6. The SMILES string of the molecule is CCCCCCCCCCOC(CCCCCCCCCC)OCCCCCCCCCC. The van der Waals surface area contributed by atoms with Crippen LogP contribution < -0.4 is 0 Å². The lowest BCUT2D eigenvalue weighted by atomic mass is 10.1. The fourth-order valence-corrected chi connectivity index (χ4v) is 4.56. The highest BCUT2D eigenvalue weighted by Gasteiger charge is 2.09. The maximum atomic E-state index is 6.20. The quantitative estimate of drug-likeness (QED) is 0.0802. The summed E-state index contributed by atoms with van der Waals surface area (Å²) >= 11 is 0. The van der Waals surface area contributed by atoms with E-state index in [1.54, 1.807) is 0 Å². The molecule has 0 bridgehead atoms. The molecule has 2 heteroatoms. The van der Waals surface area contributed by atoms with Crippen molar-refractivity contribution in [1.29, 1.82) is 0 Å². The first-order chi connectivity index (χ1) is 16.3. The number of hydrogen-bond acceptors (Lipinski definition) is 2. The van der Waals surface area contributed by atoms with E-state index >= 15 is 0 Å². The van der Waals surface area contributed by atoms with Crippen LogP contribution in [0.1, 0.15) is 181 Å². The van der Waals surface area contributed by atoms with E-state index in [4.69, 9.17) is 9.47 Å². The van der Waals surface area contributed by atoms with E-state index in [-0.39, 0.29) is 6.29 Å². The van der Waals surface area contributed by atoms with Crippen LogP contribution in [0.5, 0.6) is 0 Å². The largest absolute Gasteiger partial charge is 0.353 e. The van der Waals surface area contributed by atoms with Crippen LogP contribution in [-0.2, 0) is 9.47 Å². The van der Waals surface area contributed by atoms with Gasteiger partial charge in [0.25, 0.3) is 0 Å². The number of unbranched alkanes of at least 4 members (excludes halogenated alkanes) is 21. The highest BCUT2D eigenvalue weighted by atomic mass is 16.7. The zero-order chi connectivity index (χ0) is 24.1. The highest BCUT2D eigenvalue weighted by molar-refractivity contribution is 4.53. The minimum Gasteiger partial charge on any atom is -0.353 e. The highest BCUT2D eigenvalue weighted by Crippen LogP contribution is 2.15. The lowest BCUT2D eigenvalue weighted by Gasteiger charge is -2.19. The molecule has 0 aliphatic rings. The van der Waals surface area contributed by atoms with Crippen LogP contribution in [0.15, 0.2) is 0 Å². The fraction of sp³-hybridized carbons (Fsp3) is 1.00. The van der Waals surface area contributed by atoms with Crippen LogP contribution in [0.4, 0.5) is 0 Å². The summed E-state index contributed by atoms with van der Waals surface area (Å²) in [5, 5.41) is 0. The second kappa shape index (κ2) is 30.0. The van der Waals surface area contributed by atoms with Gasteiger partial charge in [-0.1, -0.05) is 156 Å². The molecule has 33 heavy (non-hydrogen) atoms. The smallest absolute Gasteiger partial charge is 0.157 e. The Morgan fingerprint density at radius 2 is 0.606 bits per heavy atom. The number of rotatable bonds is 29. The summed E-state index contributed by atoms with van der Waals surface area (Å²) in [5.41, 5.74) is 0. The van der Waals surface area contributed by atoms with Crippen LogP contribution in [0, 0.1) is 0 Å². The zero-order valence-corrected chi connectivity index (χ0v) is 23.5. The van der Waals surface area contributed by atoms with Crippen molar-refractivity contribution in [2.75, 3.05) is 13.2 Å². The Labute approximate surface area is 210 Å². The predicted octanol–water partition coefficient (Wildman–Crippen LogP) is 11.2. The lowest BCUT2D eigenvalue weighted by molar-refractivity contribution is -0.148. The van der Waals surface area contributed by atoms with Gasteiger partial charge in [-0.15, -0.1) is 0 Å². The van der Waals surface area contributed by atoms with Crippen molar-refractivity contribution in [3.8, 4) is 0 Å². The summed E-state index contributed by atoms with van der Waals surface area (Å²) < 4.78 is 12.4. The van der Waals surface area contributed by atoms with Gasteiger partial charge >= 0.3 is 0 Å². The normalized spacial score (nSPS) is 11.6. The summed E-state index contributed by atoms with van der Waals surface area (Å²) in [6.45, 7) is 8.64. The summed E-state index contributed by atoms with van der Waals surface area (Å²) in [7, 11) is 0. The lowest BCUT2D eigenvalue weighted by Crippen LogP contribution is -2.19. The van der Waals surface area contributed by atoms with Crippen LogP contribution in [0.2, 0.25) is 0 Å². The minimum absolute atomic E-state index is 0.0409. The number of ether oxygens (including phenoxy) is 2. The van der Waals surface area contributed by atoms with E-state index in [1.807, 2.05) is 0 Å². The van der Waals surface area contributed by atoms with Crippen molar-refractivity contribution in [2.45, 2.75) is 188 Å². The topological polar surface area (TPSA) is 18.5 Å². The van der Waals surface area contributed by atoms with E-state index in [0.29, 0.717) is 0 Å². The third-order valence-corrected chi connectivity index (χ3v) is 6.90. The molecule has 0 aromatic carbocycles. The maximum absolute atomic E-state index is 6.20. The molecule has 2 nitrogen and oxygen atoms in total. The molecule has 0 unspecified atom stereocenters. The van der Waals surface area contributed by atoms with Crippen LogP contribution in [-0.4, -0.2) is 19.5 Å². The molecule has 0 aliphatic heterocycles. The molecule has 0 aliphatic carbocycles. The van der Waals surface area contributed by atoms with Gasteiger partial charge in [-0.05, 0) is 25.7 Å². The molecule has 0 fully saturated rings. The monoisotopic (exact) mass is 468 g/mol. The first kappa shape index (κ1) is 32.9. The molecule has 200 valence electrons. The van der Waals surface area contributed by atoms with E-state index in [0.717, 1.165) is 19.6 Å². The Kier molecular flexibility index (Phi) is 29.9. The van der Waals surface area contributed by atoms with E-state index in [9.17, 15) is 0 Å². The maximum Gasteiger partial charge on any atom is 0.157 e. The van der Waals surface area contributed by atoms with E-state index < -0.39 is 0 Å². The molecule has 0 aromatic rings. The Hall–Kier alpha value is -0.0800. The first-order valence-corrected chi connectivity index (χ1v) is 15.6. The van der Waals surface area contributed by atoms with Crippen molar-refractivity contribution >= 4 is 0 Å². The third kappa shape index (κ3) is 28.0. The summed E-state index contributed by atoms with van der Waals surface area (Å²) in [5.74, 6) is 0. The summed E-state index contributed by atoms with van der Waals surface area (Å²) in [6, 6.07) is 0. The van der Waals surface area contributed by atoms with Crippen molar-refractivity contribution in [3.63, 3.8) is 0 Å². The Bertz CT molecular complexity index is 309. The van der Waals surface area contributed by atoms with Gasteiger partial charge in [0.2, 0.25) is 0 Å². The van der Waals surface area contributed by atoms with Gasteiger partial charge in [-0.25, -0.2) is 0 Å². The molecule has 0 saturated heterocycles. The molecule has 0 spiro atoms. The Balaban J connectivity index is 3.84. The van der Waals surface area contributed by atoms with Gasteiger partial charge in [0.05, 0.1) is 0 Å². The number of hydrogen-bond donors (Lipinski definition) is 0. The predicted molar refractivity (Wildman–Crippen MR) is 148 cm³/mol. The average molecular weight is 469 g/mol. The van der Waals surface area contributed by atoms with Gasteiger partial charge < -0.3 is 9.47 Å². The van der Waals surface area contributed by atoms with Gasteiger partial charge in [0, 0.05) is 13.2 Å². The standard InChI is InChI=1S/C31H64O2/c1-4-7-10-13-16-19-22-25-28-31(32-29-26-23-20-17-14-11-8-5-2)33-30-27-24-21-18-15-12-9-6-3/h31H,4-30H2,1-3H3. The fourth-order valence-electron chi connectivity index (χ4n) is 4.56. The molecule has 0 heterocycles. The molecule has 0 N–H and O–H groups in total. The molecule has 0 amide bonds. The average Bonchev–Trinajstić information content (AvgIpc) is 2.83. The molecule has 0 saturated carbocycles. The molecular weight excluding hydrogens is 404 g/mol. The second-order valence-electron chi connectivity index (χ2n) is 10.4. The zero-order valence-electron chi connectivity index (χ0n) is 23.5. The van der Waals surface area contributed by atoms with Crippen molar-refractivity contribution in [3.05, 3.63) is 0 Å². The van der Waals surface area contributed by atoms with Crippen LogP contribution in [0.25, 0.3) is 0 Å². The Morgan fingerprint density at radius 3 is 0.939 bits per heavy atom. The van der Waals surface area contributed by atoms with Gasteiger partial charge in [-0.2, -0.15) is 0 Å². The van der Waals surface area contributed by atoms with Crippen molar-refractivity contribution in [1.82, 2.24) is 0 Å². The van der Waals surface area contributed by atoms with Crippen LogP contribution in [0.3, 0.4) is 0 Å². The van der Waals surface area contributed by atoms with Crippen molar-refractivity contribution < 1.29 is 9.47 Å². The minimum atomic E-state index is 0.0409. The summed E-state index contributed by atoms with van der Waals surface area (Å²) in [4.78, 5) is 0. The molecule has 0 atom stereocenters. The van der Waals surface area contributed by atoms with Gasteiger partial charge in [0.1, 0.15) is 0 Å². The van der Waals surface area contributed by atoms with E-state index in [1.165, 1.54) is 154 Å². The molecule has 0 rings (SSSR count). The van der Waals surface area contributed by atoms with Crippen molar-refractivity contribution in [2.24, 2.45) is 0 Å². The van der Waals surface area contributed by atoms with E-state index in [2.05, 4.69) is 20.8 Å². The van der Waals surface area contributed by atoms with Gasteiger partial charge in [0.15, 0.2) is 6.29 Å².